The number of ether oxygens (including phenoxy) is 2. The maximum atomic E-state index is 12.9. The van der Waals surface area contributed by atoms with Crippen LogP contribution in [0, 0.1) is 17.8 Å². The molecule has 4 saturated carbocycles. The van der Waals surface area contributed by atoms with Crippen molar-refractivity contribution in [1.29, 1.82) is 0 Å². The number of carbonyl (C=O) groups excluding carboxylic acids is 3. The molecule has 4 aliphatic carbocycles. The molecule has 0 spiro atoms. The molecule has 0 heterocycles. The average Bonchev–Trinajstić information content (AvgIpc) is 2.56. The Kier molecular flexibility index (Phi) is 5.48. The zero-order chi connectivity index (χ0) is 22.7. The summed E-state index contributed by atoms with van der Waals surface area (Å²) < 4.78 is 86.6. The second kappa shape index (κ2) is 7.16. The molecule has 4 rings (SSSR count). The minimum absolute atomic E-state index is 0.111. The Hall–Kier alpha value is -1.72. The summed E-state index contributed by atoms with van der Waals surface area (Å²) >= 11 is 6.52. The first kappa shape index (κ1) is 23.0. The second-order valence-electron chi connectivity index (χ2n) is 8.25. The molecular weight excluding hydrogens is 448 g/mol. The Morgan fingerprint density at radius 3 is 2.20 bits per heavy atom. The van der Waals surface area contributed by atoms with E-state index < -0.39 is 58.6 Å². The van der Waals surface area contributed by atoms with Crippen molar-refractivity contribution in [3.05, 3.63) is 0 Å². The molecule has 30 heavy (non-hydrogen) atoms. The monoisotopic (exact) mass is 465 g/mol. The van der Waals surface area contributed by atoms with Gasteiger partial charge in [0.25, 0.3) is 0 Å². The fourth-order valence-corrected chi connectivity index (χ4v) is 6.27. The summed E-state index contributed by atoms with van der Waals surface area (Å²) in [7, 11) is 0.864. The number of nitrogens with one attached hydrogen (secondary N) is 1. The molecule has 4 bridgehead atoms. The van der Waals surface area contributed by atoms with Gasteiger partial charge in [-0.05, 0) is 37.5 Å². The molecule has 2 unspecified atom stereocenters. The molecule has 0 aromatic rings. The van der Waals surface area contributed by atoms with Gasteiger partial charge in [0.05, 0.1) is 7.11 Å². The number of hydrogen-bond donors (Lipinski definition) is 1. The Bertz CT molecular complexity index is 758. The first-order valence-corrected chi connectivity index (χ1v) is 9.43. The molecule has 0 saturated heterocycles. The van der Waals surface area contributed by atoms with E-state index >= 15 is 0 Å². The highest BCUT2D eigenvalue weighted by molar-refractivity contribution is 6.24. The molecule has 6 nitrogen and oxygen atoms in total. The standard InChI is InChI=1S/C17H18ClF6NO5/c1-29-11(26)10(25-12(27)16(19,20)21)9-8-2-7-3-14(18,5-8)6-15(9,4-7)30-13(28)17(22,23)24/h7-10H,2-6H2,1H3,(H,25,27)/t7?,8?,9-,10-,14+,15+/m0/s1. The molecule has 4 aliphatic rings. The van der Waals surface area contributed by atoms with Crippen molar-refractivity contribution in [2.45, 2.75) is 61.0 Å². The third-order valence-corrected chi connectivity index (χ3v) is 6.61. The van der Waals surface area contributed by atoms with Gasteiger partial charge >= 0.3 is 30.2 Å². The van der Waals surface area contributed by atoms with Gasteiger partial charge in [0.15, 0.2) is 0 Å². The predicted molar refractivity (Wildman–Crippen MR) is 87.0 cm³/mol. The maximum absolute atomic E-state index is 12.9. The summed E-state index contributed by atoms with van der Waals surface area (Å²) in [5.74, 6) is -8.50. The molecule has 13 heteroatoms. The van der Waals surface area contributed by atoms with Crippen LogP contribution in [0.4, 0.5) is 26.3 Å². The van der Waals surface area contributed by atoms with E-state index in [1.807, 2.05) is 0 Å². The van der Waals surface area contributed by atoms with Gasteiger partial charge in [-0.25, -0.2) is 9.59 Å². The zero-order valence-electron chi connectivity index (χ0n) is 15.5. The van der Waals surface area contributed by atoms with Crippen molar-refractivity contribution in [3.8, 4) is 0 Å². The van der Waals surface area contributed by atoms with Gasteiger partial charge < -0.3 is 14.8 Å². The van der Waals surface area contributed by atoms with E-state index in [0.29, 0.717) is 12.8 Å². The van der Waals surface area contributed by atoms with Gasteiger partial charge in [-0.15, -0.1) is 11.6 Å². The van der Waals surface area contributed by atoms with Crippen LogP contribution >= 0.6 is 11.6 Å². The lowest BCUT2D eigenvalue weighted by atomic mass is 9.48. The zero-order valence-corrected chi connectivity index (χ0v) is 16.3. The molecule has 1 N–H and O–H groups in total. The van der Waals surface area contributed by atoms with Gasteiger partial charge in [-0.2, -0.15) is 26.3 Å². The maximum Gasteiger partial charge on any atom is 0.490 e. The molecule has 4 fully saturated rings. The van der Waals surface area contributed by atoms with Crippen LogP contribution in [-0.2, 0) is 23.9 Å². The normalized spacial score (nSPS) is 36.2. The third-order valence-electron chi connectivity index (χ3n) is 6.17. The Morgan fingerprint density at radius 2 is 1.70 bits per heavy atom. The van der Waals surface area contributed by atoms with Crippen molar-refractivity contribution in [2.24, 2.45) is 17.8 Å². The molecule has 0 aromatic heterocycles. The smallest absolute Gasteiger partial charge is 0.467 e. The lowest BCUT2D eigenvalue weighted by Crippen LogP contribution is -2.70. The van der Waals surface area contributed by atoms with Crippen molar-refractivity contribution in [2.75, 3.05) is 7.11 Å². The SMILES string of the molecule is COC(=O)[C@@H](NC(=O)C(F)(F)F)[C@@H]1C2CC3C[C@@](Cl)(C2)C[C@]1(OC(=O)C(F)(F)F)C3. The Labute approximate surface area is 171 Å². The lowest BCUT2D eigenvalue weighted by Gasteiger charge is -2.63. The highest BCUT2D eigenvalue weighted by Gasteiger charge is 2.68. The molecule has 1 amide bonds. The minimum Gasteiger partial charge on any atom is -0.467 e. The largest absolute Gasteiger partial charge is 0.490 e. The van der Waals surface area contributed by atoms with Crippen LogP contribution in [0.3, 0.4) is 0 Å². The third kappa shape index (κ3) is 4.06. The van der Waals surface area contributed by atoms with Crippen LogP contribution in [0.2, 0.25) is 0 Å². The van der Waals surface area contributed by atoms with Crippen molar-refractivity contribution >= 4 is 29.4 Å². The number of hydrogen-bond acceptors (Lipinski definition) is 5. The van der Waals surface area contributed by atoms with Crippen LogP contribution in [0.5, 0.6) is 0 Å². The number of esters is 2. The van der Waals surface area contributed by atoms with Gasteiger partial charge in [0, 0.05) is 17.2 Å². The summed E-state index contributed by atoms with van der Waals surface area (Å²) in [6.45, 7) is 0. The van der Waals surface area contributed by atoms with Crippen molar-refractivity contribution in [1.82, 2.24) is 5.32 Å². The summed E-state index contributed by atoms with van der Waals surface area (Å²) in [6, 6.07) is -1.96. The molecule has 6 atom stereocenters. The Balaban J connectivity index is 2.03. The van der Waals surface area contributed by atoms with Crippen LogP contribution < -0.4 is 5.32 Å². The number of amides is 1. The topological polar surface area (TPSA) is 81.7 Å². The lowest BCUT2D eigenvalue weighted by molar-refractivity contribution is -0.245. The Morgan fingerprint density at radius 1 is 1.07 bits per heavy atom. The van der Waals surface area contributed by atoms with Crippen LogP contribution in [0.25, 0.3) is 0 Å². The highest BCUT2D eigenvalue weighted by atomic mass is 35.5. The van der Waals surface area contributed by atoms with Crippen LogP contribution in [-0.4, -0.2) is 53.8 Å². The van der Waals surface area contributed by atoms with Crippen LogP contribution in [0.1, 0.15) is 32.1 Å². The first-order chi connectivity index (χ1) is 13.6. The number of carbonyl (C=O) groups is 3. The number of alkyl halides is 7. The molecule has 0 radical (unpaired) electrons. The predicted octanol–water partition coefficient (Wildman–Crippen LogP) is 2.87. The molecular formula is C17H18ClF6NO5. The molecule has 0 aliphatic heterocycles. The summed E-state index contributed by atoms with van der Waals surface area (Å²) in [5, 5.41) is 1.53. The summed E-state index contributed by atoms with van der Waals surface area (Å²) in [6.07, 6.45) is -10.1. The van der Waals surface area contributed by atoms with Gasteiger partial charge in [0.2, 0.25) is 0 Å². The van der Waals surface area contributed by atoms with Crippen molar-refractivity contribution in [3.63, 3.8) is 0 Å². The number of methoxy groups -OCH3 is 1. The highest BCUT2D eigenvalue weighted by Crippen LogP contribution is 2.64. The van der Waals surface area contributed by atoms with E-state index in [9.17, 15) is 40.7 Å². The van der Waals surface area contributed by atoms with E-state index in [2.05, 4.69) is 4.74 Å². The molecule has 0 aromatic carbocycles. The van der Waals surface area contributed by atoms with E-state index in [1.165, 1.54) is 5.32 Å². The molecule has 170 valence electrons. The van der Waals surface area contributed by atoms with Gasteiger partial charge in [0.1, 0.15) is 11.6 Å². The average molecular weight is 466 g/mol. The first-order valence-electron chi connectivity index (χ1n) is 9.05. The van der Waals surface area contributed by atoms with E-state index in [4.69, 9.17) is 16.3 Å². The van der Waals surface area contributed by atoms with Crippen molar-refractivity contribution < 1.29 is 50.2 Å². The van der Waals surface area contributed by atoms with Crippen LogP contribution in [0.15, 0.2) is 0 Å². The van der Waals surface area contributed by atoms with E-state index in [1.54, 1.807) is 0 Å². The quantitative estimate of drug-likeness (QED) is 0.392. The summed E-state index contributed by atoms with van der Waals surface area (Å²) in [5.41, 5.74) is -1.96. The minimum atomic E-state index is -5.36. The number of rotatable bonds is 4. The van der Waals surface area contributed by atoms with E-state index in [-0.39, 0.29) is 25.2 Å². The second-order valence-corrected chi connectivity index (χ2v) is 9.05. The fourth-order valence-electron chi connectivity index (χ4n) is 5.63. The fraction of sp³-hybridized carbons (Fsp3) is 0.824. The van der Waals surface area contributed by atoms with E-state index in [0.717, 1.165) is 7.11 Å². The van der Waals surface area contributed by atoms with Gasteiger partial charge in [-0.3, -0.25) is 4.79 Å². The number of halogens is 7. The summed E-state index contributed by atoms with van der Waals surface area (Å²) in [4.78, 5) is 34.5. The van der Waals surface area contributed by atoms with Gasteiger partial charge in [-0.1, -0.05) is 0 Å².